The predicted octanol–water partition coefficient (Wildman–Crippen LogP) is -3.63. The third kappa shape index (κ3) is 15.2. The number of hydrogen-bond acceptors (Lipinski definition) is 9. The summed E-state index contributed by atoms with van der Waals surface area (Å²) in [6, 6.07) is -5.47. The summed E-state index contributed by atoms with van der Waals surface area (Å²) in [5.74, 6) is -6.92. The number of nitrogens with zero attached hydrogens (tertiary/aromatic N) is 1. The van der Waals surface area contributed by atoms with Crippen molar-refractivity contribution in [1.82, 2.24) is 16.0 Å². The van der Waals surface area contributed by atoms with E-state index in [1.165, 1.54) is 0 Å². The van der Waals surface area contributed by atoms with Crippen LogP contribution < -0.4 is 38.9 Å². The first kappa shape index (κ1) is 34.0. The zero-order valence-corrected chi connectivity index (χ0v) is 20.9. The van der Waals surface area contributed by atoms with Crippen molar-refractivity contribution in [2.24, 2.45) is 27.9 Å². The Labute approximate surface area is 218 Å². The van der Waals surface area contributed by atoms with Crippen LogP contribution in [0.25, 0.3) is 0 Å². The molecule has 0 aromatic rings. The fourth-order valence-electron chi connectivity index (χ4n) is 3.14. The molecule has 0 aliphatic carbocycles. The van der Waals surface area contributed by atoms with Crippen LogP contribution in [-0.4, -0.2) is 94.2 Å². The van der Waals surface area contributed by atoms with Crippen LogP contribution in [0.2, 0.25) is 0 Å². The second-order valence-electron chi connectivity index (χ2n) is 8.39. The first-order valence-corrected chi connectivity index (χ1v) is 11.9. The number of carboxylic acid groups (broad SMARTS) is 3. The average Bonchev–Trinajstić information content (AvgIpc) is 2.82. The Bertz CT molecular complexity index is 864. The molecular weight excluding hydrogens is 508 g/mol. The molecule has 0 saturated heterocycles. The maximum absolute atomic E-state index is 13.1. The van der Waals surface area contributed by atoms with Gasteiger partial charge < -0.3 is 54.2 Å². The molecule has 0 fully saturated rings. The lowest BCUT2D eigenvalue weighted by Crippen LogP contribution is -2.57. The van der Waals surface area contributed by atoms with Crippen molar-refractivity contribution in [3.8, 4) is 0 Å². The highest BCUT2D eigenvalue weighted by molar-refractivity contribution is 5.94. The van der Waals surface area contributed by atoms with E-state index in [9.17, 15) is 33.9 Å². The molecule has 0 heterocycles. The van der Waals surface area contributed by atoms with E-state index >= 15 is 0 Å². The zero-order valence-electron chi connectivity index (χ0n) is 20.9. The van der Waals surface area contributed by atoms with Crippen LogP contribution >= 0.6 is 0 Å². The molecule has 0 rings (SSSR count). The molecule has 216 valence electrons. The van der Waals surface area contributed by atoms with E-state index in [2.05, 4.69) is 20.9 Å². The topological polar surface area (TPSA) is 316 Å². The first-order chi connectivity index (χ1) is 17.8. The van der Waals surface area contributed by atoms with Gasteiger partial charge in [0.2, 0.25) is 17.7 Å². The zero-order chi connectivity index (χ0) is 29.3. The van der Waals surface area contributed by atoms with Gasteiger partial charge in [0, 0.05) is 13.0 Å². The van der Waals surface area contributed by atoms with Crippen LogP contribution in [0.15, 0.2) is 4.99 Å². The van der Waals surface area contributed by atoms with Crippen molar-refractivity contribution in [2.45, 2.75) is 75.5 Å². The summed E-state index contributed by atoms with van der Waals surface area (Å²) in [5.41, 5.74) is 21.8. The molecule has 17 heteroatoms. The highest BCUT2D eigenvalue weighted by atomic mass is 16.4. The Kier molecular flexibility index (Phi) is 16.4. The normalized spacial score (nSPS) is 13.7. The summed E-state index contributed by atoms with van der Waals surface area (Å²) in [4.78, 5) is 75.2. The summed E-state index contributed by atoms with van der Waals surface area (Å²) >= 11 is 0. The summed E-state index contributed by atoms with van der Waals surface area (Å²) in [6.45, 7) is 0.402. The highest BCUT2D eigenvalue weighted by Gasteiger charge is 2.31. The minimum absolute atomic E-state index is 0.00785. The Balaban J connectivity index is 5.66. The second-order valence-corrected chi connectivity index (χ2v) is 8.39. The molecule has 0 aliphatic heterocycles. The van der Waals surface area contributed by atoms with Gasteiger partial charge in [0.25, 0.3) is 0 Å². The van der Waals surface area contributed by atoms with Gasteiger partial charge in [0.1, 0.15) is 18.1 Å². The van der Waals surface area contributed by atoms with Gasteiger partial charge in [0.15, 0.2) is 5.96 Å². The summed E-state index contributed by atoms with van der Waals surface area (Å²) in [6.07, 6.45) is -0.322. The Morgan fingerprint density at radius 2 is 1.24 bits per heavy atom. The van der Waals surface area contributed by atoms with E-state index in [0.717, 1.165) is 0 Å². The van der Waals surface area contributed by atoms with Crippen LogP contribution in [0.1, 0.15) is 51.4 Å². The Morgan fingerprint density at radius 3 is 1.71 bits per heavy atom. The number of carbonyl (C=O) groups excluding carboxylic acids is 3. The number of nitrogens with one attached hydrogen (secondary N) is 3. The minimum Gasteiger partial charge on any atom is -0.481 e. The standard InChI is InChI=1S/C21H38N8O9/c22-8-2-1-4-12(19(36)29-14(20(37)38)10-16(32)33)28-18(35)13(5-3-9-26-21(24)25)27-17(34)11(23)6-7-15(30)31/h11-14H,1-10,22-23H2,(H,27,34)(H,28,35)(H,29,36)(H,30,31)(H,32,33)(H,37,38)(H4,24,25,26). The maximum atomic E-state index is 13.1. The third-order valence-corrected chi connectivity index (χ3v) is 5.16. The number of aliphatic imine (C=N–C) groups is 1. The fraction of sp³-hybridized carbons (Fsp3) is 0.667. The van der Waals surface area contributed by atoms with Gasteiger partial charge in [-0.1, -0.05) is 0 Å². The largest absolute Gasteiger partial charge is 0.481 e. The smallest absolute Gasteiger partial charge is 0.326 e. The first-order valence-electron chi connectivity index (χ1n) is 11.9. The molecular formula is C21H38N8O9. The molecule has 0 aromatic carbocycles. The molecule has 4 atom stereocenters. The summed E-state index contributed by atoms with van der Waals surface area (Å²) < 4.78 is 0. The molecule has 0 aliphatic rings. The van der Waals surface area contributed by atoms with Gasteiger partial charge in [-0.25, -0.2) is 4.79 Å². The lowest BCUT2D eigenvalue weighted by atomic mass is 10.0. The van der Waals surface area contributed by atoms with Crippen LogP contribution in [0, 0.1) is 0 Å². The van der Waals surface area contributed by atoms with Crippen molar-refractivity contribution in [1.29, 1.82) is 0 Å². The van der Waals surface area contributed by atoms with Gasteiger partial charge in [-0.05, 0) is 45.1 Å². The van der Waals surface area contributed by atoms with Crippen molar-refractivity contribution in [3.63, 3.8) is 0 Å². The highest BCUT2D eigenvalue weighted by Crippen LogP contribution is 2.07. The Hall–Kier alpha value is -3.99. The molecule has 4 unspecified atom stereocenters. The number of unbranched alkanes of at least 4 members (excludes halogenated alkanes) is 1. The molecule has 17 nitrogen and oxygen atoms in total. The Morgan fingerprint density at radius 1 is 0.711 bits per heavy atom. The van der Waals surface area contributed by atoms with E-state index < -0.39 is 66.2 Å². The van der Waals surface area contributed by atoms with E-state index in [1.807, 2.05) is 0 Å². The number of aliphatic carboxylic acids is 3. The number of rotatable bonds is 20. The SMILES string of the molecule is NCCCCC(NC(=O)C(CCCN=C(N)N)NC(=O)C(N)CCC(=O)O)C(=O)NC(CC(=O)O)C(=O)O. The van der Waals surface area contributed by atoms with Crippen molar-refractivity contribution in [3.05, 3.63) is 0 Å². The number of carboxylic acids is 3. The van der Waals surface area contributed by atoms with Crippen LogP contribution in [-0.2, 0) is 28.8 Å². The van der Waals surface area contributed by atoms with E-state index in [-0.39, 0.29) is 51.2 Å². The number of guanidine groups is 1. The van der Waals surface area contributed by atoms with Crippen molar-refractivity contribution >= 4 is 41.6 Å². The third-order valence-electron chi connectivity index (χ3n) is 5.16. The molecule has 0 aromatic heterocycles. The monoisotopic (exact) mass is 546 g/mol. The van der Waals surface area contributed by atoms with Crippen LogP contribution in [0.5, 0.6) is 0 Å². The second kappa shape index (κ2) is 18.3. The quantitative estimate of drug-likeness (QED) is 0.0401. The van der Waals surface area contributed by atoms with Crippen LogP contribution in [0.4, 0.5) is 0 Å². The summed E-state index contributed by atoms with van der Waals surface area (Å²) in [5, 5.41) is 33.9. The average molecular weight is 547 g/mol. The van der Waals surface area contributed by atoms with E-state index in [0.29, 0.717) is 12.8 Å². The van der Waals surface area contributed by atoms with Gasteiger partial charge in [-0.3, -0.25) is 29.0 Å². The van der Waals surface area contributed by atoms with Gasteiger partial charge in [-0.2, -0.15) is 0 Å². The number of carbonyl (C=O) groups is 6. The number of hydrogen-bond donors (Lipinski definition) is 10. The van der Waals surface area contributed by atoms with Crippen molar-refractivity contribution in [2.75, 3.05) is 13.1 Å². The number of amides is 3. The van der Waals surface area contributed by atoms with E-state index in [4.69, 9.17) is 33.1 Å². The number of nitrogens with two attached hydrogens (primary N) is 4. The molecule has 0 spiro atoms. The lowest BCUT2D eigenvalue weighted by molar-refractivity contribution is -0.147. The van der Waals surface area contributed by atoms with Crippen molar-refractivity contribution < 1.29 is 44.1 Å². The van der Waals surface area contributed by atoms with Crippen LogP contribution in [0.3, 0.4) is 0 Å². The lowest BCUT2D eigenvalue weighted by Gasteiger charge is -2.25. The molecule has 0 saturated carbocycles. The fourth-order valence-corrected chi connectivity index (χ4v) is 3.14. The summed E-state index contributed by atoms with van der Waals surface area (Å²) in [7, 11) is 0. The predicted molar refractivity (Wildman–Crippen MR) is 133 cm³/mol. The van der Waals surface area contributed by atoms with E-state index in [1.54, 1.807) is 0 Å². The van der Waals surface area contributed by atoms with Gasteiger partial charge in [0.05, 0.1) is 12.5 Å². The molecule has 0 radical (unpaired) electrons. The molecule has 0 bridgehead atoms. The molecule has 14 N–H and O–H groups in total. The maximum Gasteiger partial charge on any atom is 0.326 e. The molecule has 38 heavy (non-hydrogen) atoms. The van der Waals surface area contributed by atoms with Gasteiger partial charge >= 0.3 is 17.9 Å². The van der Waals surface area contributed by atoms with Gasteiger partial charge in [-0.15, -0.1) is 0 Å². The molecule has 3 amide bonds. The minimum atomic E-state index is -1.74.